The number of rotatable bonds is 1. The standard InChI is InChI=1S/C10H7F6NO2/c1-19-8(18)6-4(9(11,12)13)2-3-5(17)7(6)10(14,15)16/h2-3H,17H2,1H3. The third kappa shape index (κ3) is 2.91. The van der Waals surface area contributed by atoms with Gasteiger partial charge in [-0.1, -0.05) is 0 Å². The van der Waals surface area contributed by atoms with Gasteiger partial charge in [-0.15, -0.1) is 0 Å². The van der Waals surface area contributed by atoms with Crippen LogP contribution >= 0.6 is 0 Å². The van der Waals surface area contributed by atoms with E-state index in [4.69, 9.17) is 5.73 Å². The second-order valence-electron chi connectivity index (χ2n) is 3.44. The molecule has 0 atom stereocenters. The lowest BCUT2D eigenvalue weighted by Crippen LogP contribution is -2.22. The Bertz CT molecular complexity index is 506. The number of nitrogen functional groups attached to an aromatic ring is 1. The second-order valence-corrected chi connectivity index (χ2v) is 3.44. The summed E-state index contributed by atoms with van der Waals surface area (Å²) in [6.45, 7) is 0. The molecule has 0 aromatic heterocycles. The number of halogens is 6. The molecule has 1 aromatic rings. The highest BCUT2D eigenvalue weighted by Crippen LogP contribution is 2.42. The van der Waals surface area contributed by atoms with Crippen LogP contribution < -0.4 is 5.73 Å². The molecule has 1 aromatic carbocycles. The molecule has 106 valence electrons. The lowest BCUT2D eigenvalue weighted by molar-refractivity contribution is -0.143. The van der Waals surface area contributed by atoms with Crippen LogP contribution in [0.1, 0.15) is 21.5 Å². The maximum absolute atomic E-state index is 12.7. The monoisotopic (exact) mass is 287 g/mol. The van der Waals surface area contributed by atoms with Crippen molar-refractivity contribution in [1.82, 2.24) is 0 Å². The lowest BCUT2D eigenvalue weighted by atomic mass is 9.98. The second kappa shape index (κ2) is 4.63. The lowest BCUT2D eigenvalue weighted by Gasteiger charge is -2.18. The minimum Gasteiger partial charge on any atom is -0.465 e. The van der Waals surface area contributed by atoms with Gasteiger partial charge in [0.05, 0.1) is 23.8 Å². The van der Waals surface area contributed by atoms with E-state index in [2.05, 4.69) is 4.74 Å². The SMILES string of the molecule is COC(=O)c1c(C(F)(F)F)ccc(N)c1C(F)(F)F. The fourth-order valence-electron chi connectivity index (χ4n) is 1.47. The quantitative estimate of drug-likeness (QED) is 0.490. The van der Waals surface area contributed by atoms with Crippen molar-refractivity contribution in [2.75, 3.05) is 12.8 Å². The van der Waals surface area contributed by atoms with Crippen LogP contribution in [0.5, 0.6) is 0 Å². The fraction of sp³-hybridized carbons (Fsp3) is 0.300. The largest absolute Gasteiger partial charge is 0.465 e. The van der Waals surface area contributed by atoms with Gasteiger partial charge in [0.15, 0.2) is 0 Å². The number of alkyl halides is 6. The maximum Gasteiger partial charge on any atom is 0.419 e. The average Bonchev–Trinajstić information content (AvgIpc) is 2.24. The molecule has 9 heteroatoms. The van der Waals surface area contributed by atoms with Crippen molar-refractivity contribution in [3.63, 3.8) is 0 Å². The van der Waals surface area contributed by atoms with Crippen molar-refractivity contribution in [1.29, 1.82) is 0 Å². The summed E-state index contributed by atoms with van der Waals surface area (Å²) in [4.78, 5) is 11.2. The van der Waals surface area contributed by atoms with Crippen molar-refractivity contribution in [3.05, 3.63) is 28.8 Å². The predicted molar refractivity (Wildman–Crippen MR) is 52.2 cm³/mol. The van der Waals surface area contributed by atoms with Crippen molar-refractivity contribution in [2.45, 2.75) is 12.4 Å². The van der Waals surface area contributed by atoms with Crippen LogP contribution in [0, 0.1) is 0 Å². The molecule has 1 rings (SSSR count). The molecule has 0 radical (unpaired) electrons. The Morgan fingerprint density at radius 1 is 1.11 bits per heavy atom. The topological polar surface area (TPSA) is 52.3 Å². The van der Waals surface area contributed by atoms with Gasteiger partial charge in [-0.05, 0) is 12.1 Å². The molecule has 0 amide bonds. The first-order valence-electron chi connectivity index (χ1n) is 4.65. The smallest absolute Gasteiger partial charge is 0.419 e. The summed E-state index contributed by atoms with van der Waals surface area (Å²) in [7, 11) is 0.672. The highest BCUT2D eigenvalue weighted by molar-refractivity contribution is 5.95. The van der Waals surface area contributed by atoms with E-state index in [0.29, 0.717) is 19.2 Å². The summed E-state index contributed by atoms with van der Waals surface area (Å²) in [5, 5.41) is 0. The van der Waals surface area contributed by atoms with Crippen LogP contribution in [-0.4, -0.2) is 13.1 Å². The van der Waals surface area contributed by atoms with Crippen molar-refractivity contribution < 1.29 is 35.9 Å². The maximum atomic E-state index is 12.7. The zero-order chi connectivity index (χ0) is 15.0. The molecule has 0 heterocycles. The number of methoxy groups -OCH3 is 1. The molecule has 0 unspecified atom stereocenters. The Labute approximate surface area is 102 Å². The minimum atomic E-state index is -5.21. The summed E-state index contributed by atoms with van der Waals surface area (Å²) in [5.74, 6) is -1.76. The van der Waals surface area contributed by atoms with E-state index in [9.17, 15) is 31.1 Å². The number of benzene rings is 1. The van der Waals surface area contributed by atoms with Crippen LogP contribution in [-0.2, 0) is 17.1 Å². The van der Waals surface area contributed by atoms with Gasteiger partial charge in [0, 0.05) is 5.69 Å². The van der Waals surface area contributed by atoms with E-state index in [-0.39, 0.29) is 0 Å². The zero-order valence-corrected chi connectivity index (χ0v) is 9.32. The highest BCUT2D eigenvalue weighted by Gasteiger charge is 2.44. The zero-order valence-electron chi connectivity index (χ0n) is 9.32. The van der Waals surface area contributed by atoms with Crippen LogP contribution in [0.15, 0.2) is 12.1 Å². The number of carbonyl (C=O) groups excluding carboxylic acids is 1. The molecule has 0 fully saturated rings. The number of carbonyl (C=O) groups is 1. The molecule has 0 aliphatic heterocycles. The van der Waals surface area contributed by atoms with Gasteiger partial charge in [-0.25, -0.2) is 4.79 Å². The van der Waals surface area contributed by atoms with Crippen LogP contribution in [0.3, 0.4) is 0 Å². The van der Waals surface area contributed by atoms with Gasteiger partial charge >= 0.3 is 18.3 Å². The summed E-state index contributed by atoms with van der Waals surface area (Å²) in [6, 6.07) is 0.745. The van der Waals surface area contributed by atoms with Gasteiger partial charge in [-0.2, -0.15) is 26.3 Å². The van der Waals surface area contributed by atoms with Gasteiger partial charge in [0.1, 0.15) is 0 Å². The Kier molecular flexibility index (Phi) is 3.69. The Balaban J connectivity index is 3.76. The molecule has 0 aliphatic rings. The number of hydrogen-bond donors (Lipinski definition) is 1. The van der Waals surface area contributed by atoms with E-state index >= 15 is 0 Å². The van der Waals surface area contributed by atoms with Gasteiger partial charge in [0.25, 0.3) is 0 Å². The van der Waals surface area contributed by atoms with E-state index in [1.807, 2.05) is 0 Å². The molecule has 0 saturated heterocycles. The molecule has 2 N–H and O–H groups in total. The Hall–Kier alpha value is -1.93. The molecule has 0 saturated carbocycles. The molecule has 0 bridgehead atoms. The number of nitrogens with two attached hydrogens (primary N) is 1. The first kappa shape index (κ1) is 15.1. The van der Waals surface area contributed by atoms with Gasteiger partial charge in [0.2, 0.25) is 0 Å². The molecule has 19 heavy (non-hydrogen) atoms. The van der Waals surface area contributed by atoms with Crippen molar-refractivity contribution in [2.24, 2.45) is 0 Å². The third-order valence-corrected chi connectivity index (χ3v) is 2.22. The van der Waals surface area contributed by atoms with Crippen molar-refractivity contribution >= 4 is 11.7 Å². The normalized spacial score (nSPS) is 12.4. The van der Waals surface area contributed by atoms with E-state index < -0.39 is 40.7 Å². The van der Waals surface area contributed by atoms with Crippen LogP contribution in [0.25, 0.3) is 0 Å². The van der Waals surface area contributed by atoms with E-state index in [1.165, 1.54) is 0 Å². The molecule has 0 spiro atoms. The molecule has 3 nitrogen and oxygen atoms in total. The summed E-state index contributed by atoms with van der Waals surface area (Å²) in [6.07, 6.45) is -10.4. The Morgan fingerprint density at radius 2 is 1.63 bits per heavy atom. The third-order valence-electron chi connectivity index (χ3n) is 2.22. The summed E-state index contributed by atoms with van der Waals surface area (Å²) < 4.78 is 80.0. The van der Waals surface area contributed by atoms with Crippen LogP contribution in [0.4, 0.5) is 32.0 Å². The average molecular weight is 287 g/mol. The summed E-state index contributed by atoms with van der Waals surface area (Å²) >= 11 is 0. The molecular weight excluding hydrogens is 280 g/mol. The summed E-state index contributed by atoms with van der Waals surface area (Å²) in [5.41, 5.74) is -1.21. The van der Waals surface area contributed by atoms with Gasteiger partial charge < -0.3 is 10.5 Å². The van der Waals surface area contributed by atoms with E-state index in [1.54, 1.807) is 0 Å². The fourth-order valence-corrected chi connectivity index (χ4v) is 1.47. The highest BCUT2D eigenvalue weighted by atomic mass is 19.4. The van der Waals surface area contributed by atoms with Crippen LogP contribution in [0.2, 0.25) is 0 Å². The molecule has 0 aliphatic carbocycles. The number of anilines is 1. The van der Waals surface area contributed by atoms with E-state index in [0.717, 1.165) is 0 Å². The number of ether oxygens (including phenoxy) is 1. The Morgan fingerprint density at radius 3 is 2.00 bits per heavy atom. The predicted octanol–water partition coefficient (Wildman–Crippen LogP) is 3.09. The van der Waals surface area contributed by atoms with Crippen molar-refractivity contribution in [3.8, 4) is 0 Å². The first-order valence-corrected chi connectivity index (χ1v) is 4.65. The minimum absolute atomic E-state index is 0.302. The van der Waals surface area contributed by atoms with Gasteiger partial charge in [-0.3, -0.25) is 0 Å². The first-order chi connectivity index (χ1) is 8.50. The number of hydrogen-bond acceptors (Lipinski definition) is 3. The molecular formula is C10H7F6NO2. The number of esters is 1.